The number of carbonyl (C=O) groups excluding carboxylic acids is 1. The summed E-state index contributed by atoms with van der Waals surface area (Å²) >= 11 is 0. The lowest BCUT2D eigenvalue weighted by Crippen LogP contribution is -2.38. The van der Waals surface area contributed by atoms with E-state index in [0.717, 1.165) is 30.4 Å². The van der Waals surface area contributed by atoms with Crippen molar-refractivity contribution in [3.63, 3.8) is 0 Å². The summed E-state index contributed by atoms with van der Waals surface area (Å²) in [5.41, 5.74) is 1.70. The summed E-state index contributed by atoms with van der Waals surface area (Å²) in [5, 5.41) is 9.80. The lowest BCUT2D eigenvalue weighted by Gasteiger charge is -2.33. The molecule has 1 aromatic carbocycles. The molecule has 0 unspecified atom stereocenters. The van der Waals surface area contributed by atoms with Crippen LogP contribution in [0.2, 0.25) is 0 Å². The largest absolute Gasteiger partial charge is 0.481 e. The zero-order valence-electron chi connectivity index (χ0n) is 13.3. The van der Waals surface area contributed by atoms with Crippen LogP contribution in [0.25, 0.3) is 0 Å². The van der Waals surface area contributed by atoms with Crippen LogP contribution in [0.1, 0.15) is 67.4 Å². The Kier molecular flexibility index (Phi) is 3.71. The van der Waals surface area contributed by atoms with Gasteiger partial charge in [0, 0.05) is 18.2 Å². The first-order chi connectivity index (χ1) is 10.5. The highest BCUT2D eigenvalue weighted by Gasteiger charge is 2.42. The molecule has 4 nitrogen and oxygen atoms in total. The number of rotatable bonds is 3. The van der Waals surface area contributed by atoms with Crippen molar-refractivity contribution in [3.8, 4) is 0 Å². The van der Waals surface area contributed by atoms with Crippen molar-refractivity contribution in [2.24, 2.45) is 0 Å². The van der Waals surface area contributed by atoms with Crippen LogP contribution in [-0.4, -0.2) is 27.9 Å². The summed E-state index contributed by atoms with van der Waals surface area (Å²) in [6.45, 7) is 4.64. The van der Waals surface area contributed by atoms with Crippen LogP contribution in [0, 0.1) is 0 Å². The number of hydrogen-bond donors (Lipinski definition) is 1. The Bertz CT molecular complexity index is 615. The van der Waals surface area contributed by atoms with Crippen molar-refractivity contribution in [3.05, 3.63) is 34.9 Å². The number of nitrogens with zero attached hydrogens (tertiary/aromatic N) is 1. The summed E-state index contributed by atoms with van der Waals surface area (Å²) < 4.78 is 0. The van der Waals surface area contributed by atoms with Gasteiger partial charge in [-0.2, -0.15) is 0 Å². The molecule has 22 heavy (non-hydrogen) atoms. The van der Waals surface area contributed by atoms with Gasteiger partial charge in [-0.05, 0) is 43.9 Å². The summed E-state index contributed by atoms with van der Waals surface area (Å²) in [5.74, 6) is -0.721. The van der Waals surface area contributed by atoms with Crippen LogP contribution in [0.15, 0.2) is 18.2 Å². The Hall–Kier alpha value is -1.84. The summed E-state index contributed by atoms with van der Waals surface area (Å²) in [4.78, 5) is 26.3. The molecule has 0 radical (unpaired) electrons. The fourth-order valence-electron chi connectivity index (χ4n) is 3.82. The molecule has 118 valence electrons. The average molecular weight is 301 g/mol. The molecular formula is C18H23NO3. The minimum Gasteiger partial charge on any atom is -0.481 e. The molecule has 1 amide bonds. The van der Waals surface area contributed by atoms with E-state index in [4.69, 9.17) is 0 Å². The zero-order valence-corrected chi connectivity index (χ0v) is 13.3. The van der Waals surface area contributed by atoms with Crippen molar-refractivity contribution in [2.75, 3.05) is 0 Å². The molecule has 0 spiro atoms. The first kappa shape index (κ1) is 15.1. The van der Waals surface area contributed by atoms with E-state index in [2.05, 4.69) is 0 Å². The Labute approximate surface area is 131 Å². The van der Waals surface area contributed by atoms with E-state index in [1.165, 1.54) is 0 Å². The zero-order chi connectivity index (χ0) is 15.9. The lowest BCUT2D eigenvalue weighted by molar-refractivity contribution is -0.145. The first-order valence-electron chi connectivity index (χ1n) is 8.13. The number of fused-ring (bicyclic) bond motifs is 1. The highest BCUT2D eigenvalue weighted by atomic mass is 16.4. The topological polar surface area (TPSA) is 57.6 Å². The van der Waals surface area contributed by atoms with Crippen molar-refractivity contribution >= 4 is 11.9 Å². The lowest BCUT2D eigenvalue weighted by atomic mass is 9.69. The van der Waals surface area contributed by atoms with Crippen LogP contribution >= 0.6 is 0 Å². The summed E-state index contributed by atoms with van der Waals surface area (Å²) in [6, 6.07) is 5.88. The highest BCUT2D eigenvalue weighted by Crippen LogP contribution is 2.41. The van der Waals surface area contributed by atoms with Crippen molar-refractivity contribution in [2.45, 2.75) is 64.0 Å². The Morgan fingerprint density at radius 2 is 1.91 bits per heavy atom. The molecule has 0 atom stereocenters. The van der Waals surface area contributed by atoms with E-state index in [0.29, 0.717) is 24.9 Å². The molecule has 1 N–H and O–H groups in total. The average Bonchev–Trinajstić information content (AvgIpc) is 2.85. The molecular weight excluding hydrogens is 278 g/mol. The monoisotopic (exact) mass is 301 g/mol. The van der Waals surface area contributed by atoms with Gasteiger partial charge in [0.05, 0.1) is 5.41 Å². The quantitative estimate of drug-likeness (QED) is 0.931. The number of hydrogen-bond acceptors (Lipinski definition) is 2. The molecule has 3 rings (SSSR count). The predicted octanol–water partition coefficient (Wildman–Crippen LogP) is 3.34. The standard InChI is InChI=1S/C18H23NO3/c1-12(2)19-11-13-6-7-14(10-15(13)16(19)20)18(17(21)22)8-4-3-5-9-18/h6-7,10,12H,3-5,8-9,11H2,1-2H3,(H,21,22). The molecule has 2 aliphatic rings. The number of carboxylic acid groups (broad SMARTS) is 1. The fourth-order valence-corrected chi connectivity index (χ4v) is 3.82. The molecule has 1 fully saturated rings. The van der Waals surface area contributed by atoms with Crippen LogP contribution in [-0.2, 0) is 16.8 Å². The van der Waals surface area contributed by atoms with E-state index in [-0.39, 0.29) is 11.9 Å². The summed E-state index contributed by atoms with van der Waals surface area (Å²) in [6.07, 6.45) is 4.32. The molecule has 0 saturated heterocycles. The molecule has 1 aliphatic heterocycles. The van der Waals surface area contributed by atoms with Crippen molar-refractivity contribution < 1.29 is 14.7 Å². The second kappa shape index (κ2) is 5.41. The van der Waals surface area contributed by atoms with Gasteiger partial charge in [-0.3, -0.25) is 9.59 Å². The molecule has 0 bridgehead atoms. The van der Waals surface area contributed by atoms with Crippen molar-refractivity contribution in [1.82, 2.24) is 4.90 Å². The number of aliphatic carboxylic acids is 1. The van der Waals surface area contributed by atoms with Gasteiger partial charge in [0.2, 0.25) is 0 Å². The third-order valence-electron chi connectivity index (χ3n) is 5.23. The maximum Gasteiger partial charge on any atom is 0.314 e. The van der Waals surface area contributed by atoms with Gasteiger partial charge in [-0.1, -0.05) is 31.4 Å². The Balaban J connectivity index is 2.01. The first-order valence-corrected chi connectivity index (χ1v) is 8.13. The number of carbonyl (C=O) groups is 2. The smallest absolute Gasteiger partial charge is 0.314 e. The maximum absolute atomic E-state index is 12.5. The molecule has 1 aromatic rings. The second-order valence-corrected chi connectivity index (χ2v) is 6.85. The van der Waals surface area contributed by atoms with Crippen molar-refractivity contribution in [1.29, 1.82) is 0 Å². The fraction of sp³-hybridized carbons (Fsp3) is 0.556. The van der Waals surface area contributed by atoms with Gasteiger partial charge in [0.15, 0.2) is 0 Å². The van der Waals surface area contributed by atoms with Gasteiger partial charge < -0.3 is 10.0 Å². The van der Waals surface area contributed by atoms with Gasteiger partial charge >= 0.3 is 5.97 Å². The van der Waals surface area contributed by atoms with E-state index in [1.807, 2.05) is 36.9 Å². The minimum absolute atomic E-state index is 0.0307. The molecule has 4 heteroatoms. The predicted molar refractivity (Wildman–Crippen MR) is 83.9 cm³/mol. The number of carboxylic acids is 1. The molecule has 1 aliphatic carbocycles. The van der Waals surface area contributed by atoms with Gasteiger partial charge in [-0.15, -0.1) is 0 Å². The number of benzene rings is 1. The Morgan fingerprint density at radius 1 is 1.23 bits per heavy atom. The number of amides is 1. The Morgan fingerprint density at radius 3 is 2.50 bits per heavy atom. The van der Waals surface area contributed by atoms with Gasteiger partial charge in [-0.25, -0.2) is 0 Å². The third-order valence-corrected chi connectivity index (χ3v) is 5.23. The highest BCUT2D eigenvalue weighted by molar-refractivity contribution is 5.99. The van der Waals surface area contributed by atoms with Crippen LogP contribution in [0.3, 0.4) is 0 Å². The van der Waals surface area contributed by atoms with Gasteiger partial charge in [0.1, 0.15) is 0 Å². The van der Waals surface area contributed by atoms with Crippen LogP contribution in [0.4, 0.5) is 0 Å². The third kappa shape index (κ3) is 2.21. The van der Waals surface area contributed by atoms with E-state index in [9.17, 15) is 14.7 Å². The van der Waals surface area contributed by atoms with E-state index >= 15 is 0 Å². The normalized spacial score (nSPS) is 20.3. The van der Waals surface area contributed by atoms with Crippen LogP contribution < -0.4 is 0 Å². The summed E-state index contributed by atoms with van der Waals surface area (Å²) in [7, 11) is 0. The molecule has 0 aromatic heterocycles. The maximum atomic E-state index is 12.5. The second-order valence-electron chi connectivity index (χ2n) is 6.85. The van der Waals surface area contributed by atoms with E-state index < -0.39 is 11.4 Å². The SMILES string of the molecule is CC(C)N1Cc2ccc(C3(C(=O)O)CCCCC3)cc2C1=O. The van der Waals surface area contributed by atoms with Crippen LogP contribution in [0.5, 0.6) is 0 Å². The molecule has 1 heterocycles. The minimum atomic E-state index is -0.807. The van der Waals surface area contributed by atoms with Gasteiger partial charge in [0.25, 0.3) is 5.91 Å². The molecule has 1 saturated carbocycles. The van der Waals surface area contributed by atoms with E-state index in [1.54, 1.807) is 0 Å².